The number of hydrogen-bond donors (Lipinski definition) is 1. The number of aromatic nitrogens is 1. The van der Waals surface area contributed by atoms with Crippen molar-refractivity contribution in [2.24, 2.45) is 0 Å². The average molecular weight is 234 g/mol. The molecule has 2 atom stereocenters. The molecule has 1 fully saturated rings. The van der Waals surface area contributed by atoms with Crippen molar-refractivity contribution in [3.05, 3.63) is 30.1 Å². The summed E-state index contributed by atoms with van der Waals surface area (Å²) in [6, 6.07) is 4.71. The molecule has 3 nitrogen and oxygen atoms in total. The van der Waals surface area contributed by atoms with E-state index in [1.165, 1.54) is 18.4 Å². The number of ether oxygens (including phenoxy) is 1. The Bertz CT molecular complexity index is 309. The van der Waals surface area contributed by atoms with Crippen molar-refractivity contribution in [3.8, 4) is 0 Å². The van der Waals surface area contributed by atoms with Gasteiger partial charge in [0.2, 0.25) is 0 Å². The van der Waals surface area contributed by atoms with Gasteiger partial charge in [-0.05, 0) is 49.9 Å². The Balaban J connectivity index is 1.87. The average Bonchev–Trinajstić information content (AvgIpc) is 2.83. The van der Waals surface area contributed by atoms with Gasteiger partial charge >= 0.3 is 0 Å². The van der Waals surface area contributed by atoms with Crippen LogP contribution in [0.3, 0.4) is 0 Å². The first-order chi connectivity index (χ1) is 8.38. The van der Waals surface area contributed by atoms with Crippen LogP contribution < -0.4 is 5.32 Å². The predicted octanol–water partition coefficient (Wildman–Crippen LogP) is 2.17. The van der Waals surface area contributed by atoms with E-state index >= 15 is 0 Å². The maximum atomic E-state index is 5.72. The number of nitrogens with one attached hydrogen (secondary N) is 1. The predicted molar refractivity (Wildman–Crippen MR) is 69.0 cm³/mol. The van der Waals surface area contributed by atoms with Gasteiger partial charge in [0.15, 0.2) is 0 Å². The first-order valence-electron chi connectivity index (χ1n) is 6.62. The molecule has 1 N–H and O–H groups in total. The zero-order valence-corrected chi connectivity index (χ0v) is 10.6. The highest BCUT2D eigenvalue weighted by molar-refractivity contribution is 5.11. The van der Waals surface area contributed by atoms with E-state index in [1.807, 2.05) is 12.4 Å². The molecule has 2 rings (SSSR count). The minimum atomic E-state index is 0.459. The third-order valence-electron chi connectivity index (χ3n) is 3.30. The Morgan fingerprint density at radius 3 is 2.94 bits per heavy atom. The lowest BCUT2D eigenvalue weighted by Gasteiger charge is -2.21. The highest BCUT2D eigenvalue weighted by Crippen LogP contribution is 2.18. The quantitative estimate of drug-likeness (QED) is 0.819. The summed E-state index contributed by atoms with van der Waals surface area (Å²) >= 11 is 0. The zero-order chi connectivity index (χ0) is 11.9. The lowest BCUT2D eigenvalue weighted by atomic mass is 10.00. The molecule has 1 aliphatic rings. The summed E-state index contributed by atoms with van der Waals surface area (Å²) in [6.45, 7) is 4.12. The van der Waals surface area contributed by atoms with Crippen molar-refractivity contribution in [1.82, 2.24) is 10.3 Å². The molecule has 2 heterocycles. The second-order valence-corrected chi connectivity index (χ2v) is 4.68. The van der Waals surface area contributed by atoms with Gasteiger partial charge in [0, 0.05) is 25.0 Å². The fourth-order valence-corrected chi connectivity index (χ4v) is 2.48. The van der Waals surface area contributed by atoms with Gasteiger partial charge < -0.3 is 10.1 Å². The highest BCUT2D eigenvalue weighted by Gasteiger charge is 2.20. The summed E-state index contributed by atoms with van der Waals surface area (Å²) in [7, 11) is 0. The third kappa shape index (κ3) is 4.10. The van der Waals surface area contributed by atoms with Crippen LogP contribution in [0.4, 0.5) is 0 Å². The second-order valence-electron chi connectivity index (χ2n) is 4.68. The number of pyridine rings is 1. The van der Waals surface area contributed by atoms with Crippen molar-refractivity contribution >= 4 is 0 Å². The summed E-state index contributed by atoms with van der Waals surface area (Å²) in [5.74, 6) is 0. The Kier molecular flexibility index (Phi) is 4.95. The van der Waals surface area contributed by atoms with E-state index in [2.05, 4.69) is 29.4 Å². The van der Waals surface area contributed by atoms with E-state index in [-0.39, 0.29) is 0 Å². The largest absolute Gasteiger partial charge is 0.378 e. The fourth-order valence-electron chi connectivity index (χ4n) is 2.48. The summed E-state index contributed by atoms with van der Waals surface area (Å²) in [5.41, 5.74) is 1.35. The molecule has 0 bridgehead atoms. The van der Waals surface area contributed by atoms with Crippen LogP contribution in [-0.2, 0) is 11.2 Å². The number of nitrogens with zero attached hydrogens (tertiary/aromatic N) is 1. The summed E-state index contributed by atoms with van der Waals surface area (Å²) < 4.78 is 5.72. The Morgan fingerprint density at radius 1 is 1.47 bits per heavy atom. The molecule has 3 heteroatoms. The molecule has 0 saturated carbocycles. The first-order valence-corrected chi connectivity index (χ1v) is 6.62. The monoisotopic (exact) mass is 234 g/mol. The van der Waals surface area contributed by atoms with Crippen LogP contribution in [-0.4, -0.2) is 30.3 Å². The second kappa shape index (κ2) is 6.72. The number of rotatable bonds is 6. The van der Waals surface area contributed by atoms with Crippen molar-refractivity contribution in [1.29, 1.82) is 0 Å². The Hall–Kier alpha value is -0.930. The molecule has 0 spiro atoms. The Morgan fingerprint density at radius 2 is 2.29 bits per heavy atom. The molecule has 0 aliphatic carbocycles. The van der Waals surface area contributed by atoms with E-state index in [0.29, 0.717) is 12.1 Å². The van der Waals surface area contributed by atoms with Gasteiger partial charge in [0.1, 0.15) is 0 Å². The van der Waals surface area contributed by atoms with Crippen LogP contribution >= 0.6 is 0 Å². The smallest absolute Gasteiger partial charge is 0.0590 e. The molecule has 94 valence electrons. The molecule has 1 aromatic heterocycles. The first kappa shape index (κ1) is 12.5. The lowest BCUT2D eigenvalue weighted by molar-refractivity contribution is 0.0948. The molecule has 17 heavy (non-hydrogen) atoms. The zero-order valence-electron chi connectivity index (χ0n) is 10.6. The number of hydrogen-bond acceptors (Lipinski definition) is 3. The van der Waals surface area contributed by atoms with E-state index in [1.54, 1.807) is 0 Å². The maximum Gasteiger partial charge on any atom is 0.0590 e. The minimum Gasteiger partial charge on any atom is -0.378 e. The third-order valence-corrected chi connectivity index (χ3v) is 3.30. The van der Waals surface area contributed by atoms with E-state index in [9.17, 15) is 0 Å². The van der Waals surface area contributed by atoms with Gasteiger partial charge in [-0.1, -0.05) is 6.92 Å². The van der Waals surface area contributed by atoms with Crippen LogP contribution in [0.5, 0.6) is 0 Å². The topological polar surface area (TPSA) is 34.2 Å². The lowest BCUT2D eigenvalue weighted by Crippen LogP contribution is -2.34. The van der Waals surface area contributed by atoms with E-state index in [4.69, 9.17) is 4.74 Å². The summed E-state index contributed by atoms with van der Waals surface area (Å²) in [5, 5.41) is 3.56. The van der Waals surface area contributed by atoms with Gasteiger partial charge in [-0.2, -0.15) is 0 Å². The highest BCUT2D eigenvalue weighted by atomic mass is 16.5. The van der Waals surface area contributed by atoms with Crippen LogP contribution in [0.15, 0.2) is 24.5 Å². The van der Waals surface area contributed by atoms with Gasteiger partial charge in [-0.15, -0.1) is 0 Å². The molecule has 1 aromatic rings. The van der Waals surface area contributed by atoms with Gasteiger partial charge in [-0.3, -0.25) is 4.98 Å². The molecular formula is C14H22N2O. The standard InChI is InChI=1S/C14H22N2O/c1-2-16-13(11-14-4-3-9-17-14)10-12-5-7-15-8-6-12/h5-8,13-14,16H,2-4,9-11H2,1H3. The maximum absolute atomic E-state index is 5.72. The van der Waals surface area contributed by atoms with Crippen LogP contribution in [0.1, 0.15) is 31.7 Å². The Labute approximate surface area is 104 Å². The minimum absolute atomic E-state index is 0.459. The molecule has 0 radical (unpaired) electrons. The SMILES string of the molecule is CCNC(Cc1ccncc1)CC1CCCO1. The van der Waals surface area contributed by atoms with E-state index < -0.39 is 0 Å². The van der Waals surface area contributed by atoms with Gasteiger partial charge in [0.05, 0.1) is 6.10 Å². The normalized spacial score (nSPS) is 21.6. The van der Waals surface area contributed by atoms with Crippen LogP contribution in [0.2, 0.25) is 0 Å². The van der Waals surface area contributed by atoms with Crippen molar-refractivity contribution in [2.75, 3.05) is 13.2 Å². The number of likely N-dealkylation sites (N-methyl/N-ethyl adjacent to an activating group) is 1. The fraction of sp³-hybridized carbons (Fsp3) is 0.643. The van der Waals surface area contributed by atoms with Crippen molar-refractivity contribution in [3.63, 3.8) is 0 Å². The van der Waals surface area contributed by atoms with Crippen molar-refractivity contribution in [2.45, 2.75) is 44.8 Å². The molecule has 2 unspecified atom stereocenters. The van der Waals surface area contributed by atoms with Crippen LogP contribution in [0, 0.1) is 0 Å². The van der Waals surface area contributed by atoms with Gasteiger partial charge in [-0.25, -0.2) is 0 Å². The molecule has 1 aliphatic heterocycles. The van der Waals surface area contributed by atoms with Crippen molar-refractivity contribution < 1.29 is 4.74 Å². The molecule has 0 aromatic carbocycles. The molecule has 0 amide bonds. The van der Waals surface area contributed by atoms with E-state index in [0.717, 1.165) is 26.0 Å². The molecule has 1 saturated heterocycles. The molecular weight excluding hydrogens is 212 g/mol. The summed E-state index contributed by atoms with van der Waals surface area (Å²) in [4.78, 5) is 4.06. The van der Waals surface area contributed by atoms with Crippen LogP contribution in [0.25, 0.3) is 0 Å². The summed E-state index contributed by atoms with van der Waals surface area (Å²) in [6.07, 6.45) is 8.82. The van der Waals surface area contributed by atoms with Gasteiger partial charge in [0.25, 0.3) is 0 Å².